The van der Waals surface area contributed by atoms with E-state index in [2.05, 4.69) is 9.88 Å². The van der Waals surface area contributed by atoms with Gasteiger partial charge in [0.25, 0.3) is 0 Å². The van der Waals surface area contributed by atoms with E-state index in [9.17, 15) is 9.90 Å². The molecule has 196 valence electrons. The molecule has 8 heteroatoms. The average Bonchev–Trinajstić information content (AvgIpc) is 3.38. The van der Waals surface area contributed by atoms with Crippen LogP contribution in [0.5, 0.6) is 5.75 Å². The predicted octanol–water partition coefficient (Wildman–Crippen LogP) is 2.97. The maximum absolute atomic E-state index is 13.5. The number of carbonyl (C=O) groups excluding carboxylic acids is 1. The van der Waals surface area contributed by atoms with Crippen molar-refractivity contribution in [2.75, 3.05) is 53.1 Å². The first kappa shape index (κ1) is 26.6. The van der Waals surface area contributed by atoms with Gasteiger partial charge in [0, 0.05) is 38.5 Å². The number of carbonyl (C=O) groups is 1. The number of imidazole rings is 1. The standard InChI is InChI=1S/C29H36N4O4/c1-23-20-32(22-30-23)27-10-8-25(19-28(27)36-2)9-11-29(35)33(13-12-31-14-16-37-17-15-31)26(21-34)18-24-6-4-3-5-7-24/h3-11,19-20,22,26,34H,12-18,21H2,1-2H3/t26-/m1/s1. The highest BCUT2D eigenvalue weighted by molar-refractivity contribution is 5.92. The molecule has 2 aromatic carbocycles. The minimum atomic E-state index is -0.318. The molecule has 37 heavy (non-hydrogen) atoms. The molecule has 1 N–H and O–H groups in total. The van der Waals surface area contributed by atoms with Gasteiger partial charge >= 0.3 is 0 Å². The molecule has 1 fully saturated rings. The first-order chi connectivity index (χ1) is 18.1. The third kappa shape index (κ3) is 7.29. The van der Waals surface area contributed by atoms with Gasteiger partial charge in [0.2, 0.25) is 5.91 Å². The second-order valence-corrected chi connectivity index (χ2v) is 9.20. The van der Waals surface area contributed by atoms with Crippen molar-refractivity contribution >= 4 is 12.0 Å². The van der Waals surface area contributed by atoms with Crippen molar-refractivity contribution in [1.82, 2.24) is 19.4 Å². The molecule has 1 atom stereocenters. The van der Waals surface area contributed by atoms with E-state index >= 15 is 0 Å². The number of aliphatic hydroxyl groups is 1. The zero-order valence-electron chi connectivity index (χ0n) is 21.6. The number of hydrogen-bond acceptors (Lipinski definition) is 6. The number of morpholine rings is 1. The minimum Gasteiger partial charge on any atom is -0.495 e. The van der Waals surface area contributed by atoms with Crippen LogP contribution < -0.4 is 4.74 Å². The lowest BCUT2D eigenvalue weighted by atomic mass is 10.0. The van der Waals surface area contributed by atoms with Crippen LogP contribution in [0.15, 0.2) is 67.1 Å². The van der Waals surface area contributed by atoms with Gasteiger partial charge in [-0.25, -0.2) is 4.98 Å². The highest BCUT2D eigenvalue weighted by Gasteiger charge is 2.23. The van der Waals surface area contributed by atoms with Gasteiger partial charge in [0.05, 0.1) is 50.7 Å². The summed E-state index contributed by atoms with van der Waals surface area (Å²) in [6.45, 7) is 6.21. The molecule has 2 heterocycles. The van der Waals surface area contributed by atoms with Crippen molar-refractivity contribution in [1.29, 1.82) is 0 Å². The molecule has 1 aliphatic heterocycles. The van der Waals surface area contributed by atoms with E-state index in [1.54, 1.807) is 30.5 Å². The van der Waals surface area contributed by atoms with Gasteiger partial charge in [-0.05, 0) is 42.7 Å². The first-order valence-corrected chi connectivity index (χ1v) is 12.7. The van der Waals surface area contributed by atoms with E-state index in [0.29, 0.717) is 31.9 Å². The molecule has 1 aliphatic rings. The summed E-state index contributed by atoms with van der Waals surface area (Å²) in [5, 5.41) is 10.3. The predicted molar refractivity (Wildman–Crippen MR) is 144 cm³/mol. The summed E-state index contributed by atoms with van der Waals surface area (Å²) in [4.78, 5) is 21.8. The third-order valence-electron chi connectivity index (χ3n) is 6.62. The topological polar surface area (TPSA) is 80.1 Å². The first-order valence-electron chi connectivity index (χ1n) is 12.7. The minimum absolute atomic E-state index is 0.107. The summed E-state index contributed by atoms with van der Waals surface area (Å²) >= 11 is 0. The fraction of sp³-hybridized carbons (Fsp3) is 0.379. The highest BCUT2D eigenvalue weighted by Crippen LogP contribution is 2.25. The quantitative estimate of drug-likeness (QED) is 0.405. The molecule has 0 spiro atoms. The van der Waals surface area contributed by atoms with Gasteiger partial charge in [0.1, 0.15) is 5.75 Å². The molecule has 0 bridgehead atoms. The molecule has 1 aromatic heterocycles. The third-order valence-corrected chi connectivity index (χ3v) is 6.62. The molecule has 0 radical (unpaired) electrons. The number of hydrogen-bond donors (Lipinski definition) is 1. The molecular weight excluding hydrogens is 468 g/mol. The maximum atomic E-state index is 13.5. The van der Waals surface area contributed by atoms with Gasteiger partial charge in [0.15, 0.2) is 0 Å². The number of amides is 1. The van der Waals surface area contributed by atoms with Crippen LogP contribution in [0.4, 0.5) is 0 Å². The van der Waals surface area contributed by atoms with E-state index in [0.717, 1.165) is 42.1 Å². The van der Waals surface area contributed by atoms with Crippen LogP contribution in [-0.2, 0) is 16.0 Å². The van der Waals surface area contributed by atoms with Crippen LogP contribution in [0.25, 0.3) is 11.8 Å². The number of rotatable bonds is 11. The van der Waals surface area contributed by atoms with Crippen LogP contribution in [0.3, 0.4) is 0 Å². The number of nitrogens with zero attached hydrogens (tertiary/aromatic N) is 4. The summed E-state index contributed by atoms with van der Waals surface area (Å²) in [5.74, 6) is 0.560. The Morgan fingerprint density at radius 1 is 1.22 bits per heavy atom. The van der Waals surface area contributed by atoms with E-state index in [1.165, 1.54) is 0 Å². The second kappa shape index (κ2) is 13.2. The molecule has 3 aromatic rings. The van der Waals surface area contributed by atoms with Crippen molar-refractivity contribution in [3.05, 3.63) is 84.0 Å². The Hall–Kier alpha value is -3.46. The Morgan fingerprint density at radius 2 is 2.00 bits per heavy atom. The number of ether oxygens (including phenoxy) is 2. The highest BCUT2D eigenvalue weighted by atomic mass is 16.5. The normalized spacial score (nSPS) is 15.1. The van der Waals surface area contributed by atoms with E-state index in [-0.39, 0.29) is 18.6 Å². The van der Waals surface area contributed by atoms with Crippen LogP contribution in [0, 0.1) is 6.92 Å². The van der Waals surface area contributed by atoms with E-state index in [4.69, 9.17) is 9.47 Å². The van der Waals surface area contributed by atoms with Gasteiger partial charge in [-0.3, -0.25) is 9.69 Å². The molecule has 0 aliphatic carbocycles. The summed E-state index contributed by atoms with van der Waals surface area (Å²) < 4.78 is 13.0. The van der Waals surface area contributed by atoms with Crippen LogP contribution in [0.1, 0.15) is 16.8 Å². The maximum Gasteiger partial charge on any atom is 0.246 e. The van der Waals surface area contributed by atoms with Gasteiger partial charge in [-0.1, -0.05) is 36.4 Å². The molecule has 0 unspecified atom stereocenters. The molecule has 4 rings (SSSR count). The molecule has 1 saturated heterocycles. The Labute approximate surface area is 218 Å². The van der Waals surface area contributed by atoms with Gasteiger partial charge in [-0.15, -0.1) is 0 Å². The van der Waals surface area contributed by atoms with Crippen LogP contribution in [0.2, 0.25) is 0 Å². The number of aliphatic hydroxyl groups excluding tert-OH is 1. The van der Waals surface area contributed by atoms with Gasteiger partial charge in [-0.2, -0.15) is 0 Å². The van der Waals surface area contributed by atoms with Crippen molar-refractivity contribution < 1.29 is 19.4 Å². The number of benzene rings is 2. The van der Waals surface area contributed by atoms with Crippen LogP contribution in [-0.4, -0.2) is 89.5 Å². The van der Waals surface area contributed by atoms with Crippen molar-refractivity contribution in [2.24, 2.45) is 0 Å². The fourth-order valence-electron chi connectivity index (χ4n) is 4.53. The lowest BCUT2D eigenvalue weighted by Crippen LogP contribution is -2.48. The van der Waals surface area contributed by atoms with Gasteiger partial charge < -0.3 is 24.0 Å². The number of aromatic nitrogens is 2. The van der Waals surface area contributed by atoms with Crippen molar-refractivity contribution in [3.63, 3.8) is 0 Å². The number of methoxy groups -OCH3 is 1. The smallest absolute Gasteiger partial charge is 0.246 e. The summed E-state index contributed by atoms with van der Waals surface area (Å²) in [7, 11) is 1.63. The number of aryl methyl sites for hydroxylation is 1. The molecule has 0 saturated carbocycles. The summed E-state index contributed by atoms with van der Waals surface area (Å²) in [5.41, 5.74) is 3.73. The lowest BCUT2D eigenvalue weighted by molar-refractivity contribution is -0.129. The molecule has 8 nitrogen and oxygen atoms in total. The molecular formula is C29H36N4O4. The summed E-state index contributed by atoms with van der Waals surface area (Å²) in [6, 6.07) is 15.5. The van der Waals surface area contributed by atoms with E-state index < -0.39 is 0 Å². The average molecular weight is 505 g/mol. The Bertz CT molecular complexity index is 1170. The SMILES string of the molecule is COc1cc(C=CC(=O)N(CCN2CCOCC2)[C@@H](CO)Cc2ccccc2)ccc1-n1cnc(C)c1. The Balaban J connectivity index is 1.51. The zero-order valence-corrected chi connectivity index (χ0v) is 21.6. The van der Waals surface area contributed by atoms with Crippen molar-refractivity contribution in [3.8, 4) is 11.4 Å². The molecule has 1 amide bonds. The monoisotopic (exact) mass is 504 g/mol. The Morgan fingerprint density at radius 3 is 2.68 bits per heavy atom. The lowest BCUT2D eigenvalue weighted by Gasteiger charge is -2.33. The van der Waals surface area contributed by atoms with E-state index in [1.807, 2.05) is 66.2 Å². The van der Waals surface area contributed by atoms with Crippen LogP contribution >= 0.6 is 0 Å². The summed E-state index contributed by atoms with van der Waals surface area (Å²) in [6.07, 6.45) is 7.66. The zero-order chi connectivity index (χ0) is 26.0. The fourth-order valence-corrected chi connectivity index (χ4v) is 4.53. The Kier molecular flexibility index (Phi) is 9.48. The van der Waals surface area contributed by atoms with Crippen molar-refractivity contribution in [2.45, 2.75) is 19.4 Å². The largest absolute Gasteiger partial charge is 0.495 e. The second-order valence-electron chi connectivity index (χ2n) is 9.20.